The number of ether oxygens (including phenoxy) is 2. The highest BCUT2D eigenvalue weighted by Crippen LogP contribution is 2.37. The number of amides is 1. The van der Waals surface area contributed by atoms with Crippen LogP contribution in [0.1, 0.15) is 48.5 Å². The Bertz CT molecular complexity index is 1610. The Balaban J connectivity index is 1.65. The summed E-state index contributed by atoms with van der Waals surface area (Å²) in [6.45, 7) is 13.6. The highest BCUT2D eigenvalue weighted by molar-refractivity contribution is 6.99. The van der Waals surface area contributed by atoms with Crippen LogP contribution >= 0.6 is 0 Å². The molecule has 1 amide bonds. The molecule has 2 N–H and O–H groups in total. The molecule has 0 aliphatic carbocycles. The lowest BCUT2D eigenvalue weighted by molar-refractivity contribution is -0.153. The number of aromatic nitrogens is 4. The molecule has 0 fully saturated rings. The van der Waals surface area contributed by atoms with E-state index in [2.05, 4.69) is 65.3 Å². The zero-order valence-electron chi connectivity index (χ0n) is 27.0. The number of benzene rings is 2. The third-order valence-electron chi connectivity index (χ3n) is 7.48. The maximum Gasteiger partial charge on any atom is 0.308 e. The van der Waals surface area contributed by atoms with Gasteiger partial charge in [0.25, 0.3) is 13.9 Å². The Labute approximate surface area is 264 Å². The minimum absolute atomic E-state index is 0.0189. The van der Waals surface area contributed by atoms with Crippen molar-refractivity contribution in [3.8, 4) is 0 Å². The summed E-state index contributed by atoms with van der Waals surface area (Å²) < 4.78 is 20.6. The number of esters is 1. The Hall–Kier alpha value is -4.13. The van der Waals surface area contributed by atoms with Crippen LogP contribution in [-0.2, 0) is 30.2 Å². The summed E-state index contributed by atoms with van der Waals surface area (Å²) in [6.07, 6.45) is 0.787. The molecule has 2 aromatic heterocycles. The molecule has 1 atom stereocenters. The van der Waals surface area contributed by atoms with E-state index in [-0.39, 0.29) is 65.8 Å². The van der Waals surface area contributed by atoms with Gasteiger partial charge in [-0.3, -0.25) is 29.3 Å². The normalized spacial score (nSPS) is 12.9. The van der Waals surface area contributed by atoms with Crippen LogP contribution in [0, 0.1) is 11.8 Å². The molecule has 4 rings (SSSR count). The van der Waals surface area contributed by atoms with E-state index in [1.807, 2.05) is 36.4 Å². The second kappa shape index (κ2) is 14.3. The van der Waals surface area contributed by atoms with Gasteiger partial charge in [0.1, 0.15) is 19.4 Å². The fraction of sp³-hybridized carbons (Fsp3) is 0.424. The van der Waals surface area contributed by atoms with Gasteiger partial charge in [-0.25, -0.2) is 4.98 Å². The first kappa shape index (κ1) is 33.8. The number of hydrogen-bond acceptors (Lipinski definition) is 8. The second-order valence-electron chi connectivity index (χ2n) is 12.6. The van der Waals surface area contributed by atoms with E-state index in [0.29, 0.717) is 0 Å². The molecule has 0 saturated heterocycles. The summed E-state index contributed by atoms with van der Waals surface area (Å²) in [5.41, 5.74) is -0.147. The Morgan fingerprint density at radius 2 is 1.53 bits per heavy atom. The lowest BCUT2D eigenvalue weighted by atomic mass is 10.2. The fourth-order valence-corrected chi connectivity index (χ4v) is 9.61. The second-order valence-corrected chi connectivity index (χ2v) is 16.9. The average molecular weight is 634 g/mol. The smallest absolute Gasteiger partial charge is 0.308 e. The van der Waals surface area contributed by atoms with Crippen molar-refractivity contribution < 1.29 is 23.5 Å². The molecule has 0 bridgehead atoms. The van der Waals surface area contributed by atoms with Crippen molar-refractivity contribution in [1.82, 2.24) is 19.5 Å². The zero-order valence-corrected chi connectivity index (χ0v) is 28.0. The minimum atomic E-state index is -2.91. The van der Waals surface area contributed by atoms with E-state index in [1.165, 1.54) is 6.33 Å². The highest BCUT2D eigenvalue weighted by Gasteiger charge is 2.50. The van der Waals surface area contributed by atoms with E-state index in [1.54, 1.807) is 32.3 Å². The largest absolute Gasteiger partial charge is 0.463 e. The van der Waals surface area contributed by atoms with Crippen LogP contribution < -0.4 is 21.2 Å². The third-order valence-corrected chi connectivity index (χ3v) is 12.5. The van der Waals surface area contributed by atoms with Gasteiger partial charge in [0, 0.05) is 5.92 Å². The highest BCUT2D eigenvalue weighted by atomic mass is 28.4. The molecule has 0 spiro atoms. The van der Waals surface area contributed by atoms with Gasteiger partial charge in [0.2, 0.25) is 11.9 Å². The molecule has 240 valence electrons. The number of carbonyl (C=O) groups is 2. The van der Waals surface area contributed by atoms with Crippen molar-refractivity contribution in [3.63, 3.8) is 0 Å². The van der Waals surface area contributed by atoms with Crippen LogP contribution in [0.25, 0.3) is 11.2 Å². The molecule has 12 heteroatoms. The van der Waals surface area contributed by atoms with Crippen molar-refractivity contribution >= 4 is 47.7 Å². The first-order chi connectivity index (χ1) is 21.3. The number of imidazole rings is 1. The Morgan fingerprint density at radius 3 is 2.07 bits per heavy atom. The lowest BCUT2D eigenvalue weighted by Crippen LogP contribution is -2.67. The van der Waals surface area contributed by atoms with Gasteiger partial charge >= 0.3 is 5.97 Å². The number of H-pyrrole nitrogens is 1. The van der Waals surface area contributed by atoms with Gasteiger partial charge in [0.15, 0.2) is 11.2 Å². The molecule has 45 heavy (non-hydrogen) atoms. The molecule has 0 aliphatic rings. The lowest BCUT2D eigenvalue weighted by Gasteiger charge is -2.43. The number of aromatic amines is 1. The van der Waals surface area contributed by atoms with Gasteiger partial charge in [-0.2, -0.15) is 4.98 Å². The number of hydrogen-bond donors (Lipinski definition) is 2. The van der Waals surface area contributed by atoms with Gasteiger partial charge in [-0.15, -0.1) is 0 Å². The molecule has 0 aliphatic heterocycles. The maximum atomic E-state index is 12.7. The summed E-state index contributed by atoms with van der Waals surface area (Å²) in [6, 6.07) is 20.5. The first-order valence-electron chi connectivity index (χ1n) is 15.1. The van der Waals surface area contributed by atoms with E-state index in [9.17, 15) is 14.4 Å². The number of nitrogens with zero attached hydrogens (tertiary/aromatic N) is 3. The predicted molar refractivity (Wildman–Crippen MR) is 176 cm³/mol. The van der Waals surface area contributed by atoms with Gasteiger partial charge in [-0.1, -0.05) is 109 Å². The van der Waals surface area contributed by atoms with E-state index < -0.39 is 20.0 Å². The molecular weight excluding hydrogens is 590 g/mol. The van der Waals surface area contributed by atoms with Crippen LogP contribution in [-0.4, -0.2) is 59.0 Å². The molecule has 4 aromatic rings. The Morgan fingerprint density at radius 1 is 0.933 bits per heavy atom. The number of rotatable bonds is 13. The van der Waals surface area contributed by atoms with Crippen LogP contribution in [0.3, 0.4) is 0 Å². The standard InChI is InChI=1S/C33H43N5O6Si/c1-22(2)29(39)36-32-35-28-27(30(40)37-32)34-20-38(28)21-43-24(18-42-31(41)23(3)4)19-44-45(33(5,6)7,25-14-10-8-11-15-25)26-16-12-9-13-17-26/h8-17,20,22-24H,18-19,21H2,1-7H3,(H2,35,36,37,39,40). The van der Waals surface area contributed by atoms with Gasteiger partial charge in [0.05, 0.1) is 18.9 Å². The summed E-state index contributed by atoms with van der Waals surface area (Å²) in [5.74, 6) is -1.22. The number of nitrogens with one attached hydrogen (secondary N) is 2. The quantitative estimate of drug-likeness (QED) is 0.167. The van der Waals surface area contributed by atoms with Crippen molar-refractivity contribution in [2.24, 2.45) is 11.8 Å². The molecular formula is C33H43N5O6Si. The minimum Gasteiger partial charge on any atom is -0.463 e. The molecule has 0 radical (unpaired) electrons. The van der Waals surface area contributed by atoms with Crippen LogP contribution in [0.15, 0.2) is 71.8 Å². The maximum absolute atomic E-state index is 12.7. The monoisotopic (exact) mass is 633 g/mol. The van der Waals surface area contributed by atoms with E-state index >= 15 is 0 Å². The molecule has 2 aromatic carbocycles. The Kier molecular flexibility index (Phi) is 10.7. The summed E-state index contributed by atoms with van der Waals surface area (Å²) in [4.78, 5) is 48.5. The number of fused-ring (bicyclic) bond motifs is 1. The zero-order chi connectivity index (χ0) is 32.8. The molecule has 0 saturated carbocycles. The summed E-state index contributed by atoms with van der Waals surface area (Å²) in [7, 11) is -2.91. The van der Waals surface area contributed by atoms with Crippen molar-refractivity contribution in [2.75, 3.05) is 18.5 Å². The topological polar surface area (TPSA) is 137 Å². The molecule has 1 unspecified atom stereocenters. The molecule has 2 heterocycles. The fourth-order valence-electron chi connectivity index (χ4n) is 5.02. The van der Waals surface area contributed by atoms with E-state index in [0.717, 1.165) is 10.4 Å². The van der Waals surface area contributed by atoms with Gasteiger partial charge in [-0.05, 0) is 15.4 Å². The molecule has 11 nitrogen and oxygen atoms in total. The summed E-state index contributed by atoms with van der Waals surface area (Å²) in [5, 5.41) is 4.58. The van der Waals surface area contributed by atoms with E-state index in [4.69, 9.17) is 13.9 Å². The van der Waals surface area contributed by atoms with Crippen LogP contribution in [0.4, 0.5) is 5.95 Å². The van der Waals surface area contributed by atoms with Gasteiger partial charge < -0.3 is 13.9 Å². The SMILES string of the molecule is CC(C)C(=O)Nc1nc2c(ncn2COC(COC(=O)C(C)C)CO[Si](c2ccccc2)(c2ccccc2)C(C)(C)C)c(=O)[nH]1. The predicted octanol–water partition coefficient (Wildman–Crippen LogP) is 3.83. The first-order valence-corrected chi connectivity index (χ1v) is 17.0. The number of anilines is 1. The van der Waals surface area contributed by atoms with Crippen LogP contribution in [0.2, 0.25) is 5.04 Å². The van der Waals surface area contributed by atoms with Crippen molar-refractivity contribution in [2.45, 2.75) is 66.3 Å². The van der Waals surface area contributed by atoms with Crippen molar-refractivity contribution in [1.29, 1.82) is 0 Å². The number of carbonyl (C=O) groups excluding carboxylic acids is 2. The summed E-state index contributed by atoms with van der Waals surface area (Å²) >= 11 is 0. The average Bonchev–Trinajstić information content (AvgIpc) is 3.41. The van der Waals surface area contributed by atoms with Crippen molar-refractivity contribution in [3.05, 3.63) is 77.3 Å². The third kappa shape index (κ3) is 7.75. The van der Waals surface area contributed by atoms with Crippen LogP contribution in [0.5, 0.6) is 0 Å².